The molecule has 0 aliphatic carbocycles. The Labute approximate surface area is 149 Å². The highest BCUT2D eigenvalue weighted by Gasteiger charge is 2.25. The van der Waals surface area contributed by atoms with Gasteiger partial charge in [0.25, 0.3) is 5.91 Å². The fourth-order valence-electron chi connectivity index (χ4n) is 3.74. The molecule has 138 valence electrons. The first kappa shape index (κ1) is 17.9. The summed E-state index contributed by atoms with van der Waals surface area (Å²) in [5, 5.41) is 7.12. The Balaban J connectivity index is 1.48. The molecule has 3 rings (SSSR count). The number of aryl methyl sites for hydroxylation is 1. The Hall–Kier alpha value is -1.89. The highest BCUT2D eigenvalue weighted by atomic mass is 16.2. The number of nitrogens with zero attached hydrogens (tertiary/aromatic N) is 4. The molecule has 3 heterocycles. The molecule has 25 heavy (non-hydrogen) atoms. The Morgan fingerprint density at radius 1 is 1.16 bits per heavy atom. The normalized spacial score (nSPS) is 22.4. The van der Waals surface area contributed by atoms with E-state index in [1.54, 1.807) is 24.1 Å². The molecule has 2 aliphatic rings. The van der Waals surface area contributed by atoms with E-state index in [0.29, 0.717) is 12.1 Å². The number of rotatable bonds is 4. The van der Waals surface area contributed by atoms with E-state index in [1.165, 1.54) is 12.8 Å². The third kappa shape index (κ3) is 5.04. The predicted molar refractivity (Wildman–Crippen MR) is 95.2 cm³/mol. The number of aromatic nitrogens is 2. The summed E-state index contributed by atoms with van der Waals surface area (Å²) < 4.78 is 1.63. The van der Waals surface area contributed by atoms with Crippen molar-refractivity contribution in [2.75, 3.05) is 32.7 Å². The second-order valence-corrected chi connectivity index (χ2v) is 7.25. The van der Waals surface area contributed by atoms with Crippen molar-refractivity contribution in [3.05, 3.63) is 18.0 Å². The van der Waals surface area contributed by atoms with Crippen LogP contribution in [0.2, 0.25) is 0 Å². The largest absolute Gasteiger partial charge is 0.348 e. The molecule has 2 aliphatic heterocycles. The quantitative estimate of drug-likeness (QED) is 0.883. The van der Waals surface area contributed by atoms with E-state index < -0.39 is 0 Å². The van der Waals surface area contributed by atoms with E-state index in [4.69, 9.17) is 0 Å². The molecule has 2 fully saturated rings. The van der Waals surface area contributed by atoms with E-state index in [2.05, 4.69) is 15.3 Å². The summed E-state index contributed by atoms with van der Waals surface area (Å²) >= 11 is 0. The van der Waals surface area contributed by atoms with Crippen molar-refractivity contribution in [1.29, 1.82) is 0 Å². The average molecular weight is 347 g/mol. The topological polar surface area (TPSA) is 70.5 Å². The van der Waals surface area contributed by atoms with Gasteiger partial charge in [0.1, 0.15) is 0 Å². The molecule has 1 unspecified atom stereocenters. The highest BCUT2D eigenvalue weighted by Crippen LogP contribution is 2.13. The van der Waals surface area contributed by atoms with Crippen LogP contribution >= 0.6 is 0 Å². The van der Waals surface area contributed by atoms with Gasteiger partial charge in [-0.25, -0.2) is 0 Å². The number of hydrogen-bond acceptors (Lipinski definition) is 4. The summed E-state index contributed by atoms with van der Waals surface area (Å²) in [7, 11) is 1.80. The van der Waals surface area contributed by atoms with Crippen LogP contribution in [0, 0.1) is 0 Å². The SMILES string of the molecule is Cn1cc(C(=O)NC2CCCN(CC(=O)N3CCCCCC3)C2)cn1. The zero-order valence-electron chi connectivity index (χ0n) is 15.1. The molecule has 1 aromatic rings. The zero-order valence-corrected chi connectivity index (χ0v) is 15.1. The number of likely N-dealkylation sites (tertiary alicyclic amines) is 2. The van der Waals surface area contributed by atoms with Crippen molar-refractivity contribution >= 4 is 11.8 Å². The van der Waals surface area contributed by atoms with Crippen LogP contribution < -0.4 is 5.32 Å². The first-order valence-corrected chi connectivity index (χ1v) is 9.41. The van der Waals surface area contributed by atoms with Crippen molar-refractivity contribution in [2.24, 2.45) is 7.05 Å². The van der Waals surface area contributed by atoms with Crippen molar-refractivity contribution in [3.63, 3.8) is 0 Å². The summed E-state index contributed by atoms with van der Waals surface area (Å²) in [6.45, 7) is 3.94. The lowest BCUT2D eigenvalue weighted by Crippen LogP contribution is -2.50. The minimum absolute atomic E-state index is 0.0844. The lowest BCUT2D eigenvalue weighted by Gasteiger charge is -2.34. The molecule has 1 atom stereocenters. The number of hydrogen-bond donors (Lipinski definition) is 1. The number of carbonyl (C=O) groups is 2. The number of carbonyl (C=O) groups excluding carboxylic acids is 2. The number of nitrogens with one attached hydrogen (secondary N) is 1. The van der Waals surface area contributed by atoms with Crippen LogP contribution in [0.5, 0.6) is 0 Å². The maximum atomic E-state index is 12.6. The molecule has 0 radical (unpaired) electrons. The maximum absolute atomic E-state index is 12.6. The fourth-order valence-corrected chi connectivity index (χ4v) is 3.74. The molecule has 0 bridgehead atoms. The fraction of sp³-hybridized carbons (Fsp3) is 0.722. The van der Waals surface area contributed by atoms with Gasteiger partial charge < -0.3 is 10.2 Å². The lowest BCUT2D eigenvalue weighted by atomic mass is 10.1. The molecular weight excluding hydrogens is 318 g/mol. The van der Waals surface area contributed by atoms with Crippen molar-refractivity contribution < 1.29 is 9.59 Å². The summed E-state index contributed by atoms with van der Waals surface area (Å²) in [4.78, 5) is 29.0. The van der Waals surface area contributed by atoms with Gasteiger partial charge in [0.15, 0.2) is 0 Å². The van der Waals surface area contributed by atoms with Crippen molar-refractivity contribution in [3.8, 4) is 0 Å². The third-order valence-electron chi connectivity index (χ3n) is 5.13. The zero-order chi connectivity index (χ0) is 17.6. The van der Waals surface area contributed by atoms with Gasteiger partial charge in [0, 0.05) is 38.9 Å². The smallest absolute Gasteiger partial charge is 0.254 e. The molecule has 2 amide bonds. The minimum atomic E-state index is -0.0844. The van der Waals surface area contributed by atoms with Crippen LogP contribution in [-0.4, -0.2) is 70.2 Å². The van der Waals surface area contributed by atoms with E-state index in [0.717, 1.165) is 51.9 Å². The van der Waals surface area contributed by atoms with Gasteiger partial charge in [-0.05, 0) is 32.2 Å². The highest BCUT2D eigenvalue weighted by molar-refractivity contribution is 5.93. The summed E-state index contributed by atoms with van der Waals surface area (Å²) in [5.41, 5.74) is 0.584. The van der Waals surface area contributed by atoms with Gasteiger partial charge in [0.2, 0.25) is 5.91 Å². The van der Waals surface area contributed by atoms with Gasteiger partial charge >= 0.3 is 0 Å². The van der Waals surface area contributed by atoms with Gasteiger partial charge in [-0.1, -0.05) is 12.8 Å². The lowest BCUT2D eigenvalue weighted by molar-refractivity contribution is -0.132. The van der Waals surface area contributed by atoms with Crippen LogP contribution in [0.1, 0.15) is 48.9 Å². The molecule has 1 N–H and O–H groups in total. The van der Waals surface area contributed by atoms with E-state index >= 15 is 0 Å². The number of amides is 2. The Morgan fingerprint density at radius 3 is 2.60 bits per heavy atom. The summed E-state index contributed by atoms with van der Waals surface area (Å²) in [5.74, 6) is 0.153. The monoisotopic (exact) mass is 347 g/mol. The molecule has 1 aromatic heterocycles. The molecular formula is C18H29N5O2. The minimum Gasteiger partial charge on any atom is -0.348 e. The average Bonchev–Trinajstić information content (AvgIpc) is 2.85. The second-order valence-electron chi connectivity index (χ2n) is 7.25. The summed E-state index contributed by atoms with van der Waals surface area (Å²) in [6.07, 6.45) is 9.97. The molecule has 0 spiro atoms. The van der Waals surface area contributed by atoms with E-state index in [-0.39, 0.29) is 17.9 Å². The molecule has 2 saturated heterocycles. The maximum Gasteiger partial charge on any atom is 0.254 e. The van der Waals surface area contributed by atoms with Crippen molar-refractivity contribution in [2.45, 2.75) is 44.6 Å². The van der Waals surface area contributed by atoms with Crippen LogP contribution in [-0.2, 0) is 11.8 Å². The summed E-state index contributed by atoms with van der Waals surface area (Å²) in [6, 6.07) is 0.0957. The van der Waals surface area contributed by atoms with Gasteiger partial charge in [0.05, 0.1) is 18.3 Å². The molecule has 0 aromatic carbocycles. The molecule has 7 nitrogen and oxygen atoms in total. The molecule has 0 saturated carbocycles. The van der Waals surface area contributed by atoms with Crippen LogP contribution in [0.4, 0.5) is 0 Å². The van der Waals surface area contributed by atoms with Crippen LogP contribution in [0.25, 0.3) is 0 Å². The van der Waals surface area contributed by atoms with Gasteiger partial charge in [-0.3, -0.25) is 19.2 Å². The first-order valence-electron chi connectivity index (χ1n) is 9.41. The third-order valence-corrected chi connectivity index (χ3v) is 5.13. The standard InChI is InChI=1S/C18H29N5O2/c1-21-12-15(11-19-21)18(25)20-16-7-6-8-22(13-16)14-17(24)23-9-4-2-3-5-10-23/h11-12,16H,2-10,13-14H2,1H3,(H,20,25). The Morgan fingerprint density at radius 2 is 1.92 bits per heavy atom. The molecule has 7 heteroatoms. The van der Waals surface area contributed by atoms with E-state index in [1.807, 2.05) is 4.90 Å². The van der Waals surface area contributed by atoms with E-state index in [9.17, 15) is 9.59 Å². The Kier molecular flexibility index (Phi) is 6.07. The van der Waals surface area contributed by atoms with Gasteiger partial charge in [-0.15, -0.1) is 0 Å². The van der Waals surface area contributed by atoms with Crippen LogP contribution in [0.3, 0.4) is 0 Å². The van der Waals surface area contributed by atoms with Gasteiger partial charge in [-0.2, -0.15) is 5.10 Å². The number of piperidine rings is 1. The van der Waals surface area contributed by atoms with Crippen molar-refractivity contribution in [1.82, 2.24) is 24.9 Å². The predicted octanol–water partition coefficient (Wildman–Crippen LogP) is 1.02. The van der Waals surface area contributed by atoms with Crippen LogP contribution in [0.15, 0.2) is 12.4 Å². The Bertz CT molecular complexity index is 592. The first-order chi connectivity index (χ1) is 12.1. The second kappa shape index (κ2) is 8.47.